The number of amides is 1. The van der Waals surface area contributed by atoms with Crippen molar-refractivity contribution in [3.05, 3.63) is 35.4 Å². The monoisotopic (exact) mass is 376 g/mol. The first-order valence-corrected chi connectivity index (χ1v) is 9.89. The van der Waals surface area contributed by atoms with Gasteiger partial charge in [0.05, 0.1) is 22.6 Å². The van der Waals surface area contributed by atoms with E-state index in [4.69, 9.17) is 0 Å². The predicted molar refractivity (Wildman–Crippen MR) is 86.0 cm³/mol. The van der Waals surface area contributed by atoms with Crippen LogP contribution in [0.25, 0.3) is 0 Å². The molecule has 0 bridgehead atoms. The van der Waals surface area contributed by atoms with Crippen molar-refractivity contribution >= 4 is 15.7 Å². The lowest BCUT2D eigenvalue weighted by molar-refractivity contribution is -0.138. The Kier molecular flexibility index (Phi) is 4.80. The maximum Gasteiger partial charge on any atom is 0.417 e. The quantitative estimate of drug-likeness (QED) is 0.788. The zero-order chi connectivity index (χ0) is 18.2. The third-order valence-corrected chi connectivity index (χ3v) is 6.54. The topological polar surface area (TPSA) is 57.7 Å². The number of piperazine rings is 1. The second-order valence-electron chi connectivity index (χ2n) is 6.43. The molecule has 1 amide bonds. The van der Waals surface area contributed by atoms with Crippen molar-refractivity contribution in [3.63, 3.8) is 0 Å². The minimum absolute atomic E-state index is 0.0512. The van der Waals surface area contributed by atoms with Crippen LogP contribution >= 0.6 is 0 Å². The lowest BCUT2D eigenvalue weighted by Crippen LogP contribution is -2.52. The Morgan fingerprint density at radius 3 is 2.28 bits per heavy atom. The molecular weight excluding hydrogens is 357 g/mol. The normalized spacial score (nSPS) is 24.4. The molecule has 5 nitrogen and oxygen atoms in total. The third kappa shape index (κ3) is 3.98. The fourth-order valence-electron chi connectivity index (χ4n) is 3.44. The number of carbonyl (C=O) groups excluding carboxylic acids is 1. The van der Waals surface area contributed by atoms with Crippen LogP contribution in [0.1, 0.15) is 22.3 Å². The van der Waals surface area contributed by atoms with Crippen LogP contribution in [0.3, 0.4) is 0 Å². The average Bonchev–Trinajstić information content (AvgIpc) is 2.93. The number of hydrogen-bond donors (Lipinski definition) is 0. The van der Waals surface area contributed by atoms with Gasteiger partial charge in [0.25, 0.3) is 5.91 Å². The highest BCUT2D eigenvalue weighted by molar-refractivity contribution is 7.91. The van der Waals surface area contributed by atoms with Crippen molar-refractivity contribution in [1.82, 2.24) is 9.80 Å². The fraction of sp³-hybridized carbons (Fsp3) is 0.562. The summed E-state index contributed by atoms with van der Waals surface area (Å²) in [4.78, 5) is 15.9. The van der Waals surface area contributed by atoms with Gasteiger partial charge in [-0.15, -0.1) is 0 Å². The molecule has 138 valence electrons. The van der Waals surface area contributed by atoms with E-state index >= 15 is 0 Å². The molecule has 1 aromatic carbocycles. The number of nitrogens with zero attached hydrogens (tertiary/aromatic N) is 2. The van der Waals surface area contributed by atoms with E-state index in [0.29, 0.717) is 32.6 Å². The number of alkyl halides is 3. The molecule has 0 aromatic heterocycles. The first-order chi connectivity index (χ1) is 11.7. The lowest BCUT2D eigenvalue weighted by Gasteiger charge is -2.37. The van der Waals surface area contributed by atoms with Gasteiger partial charge in [-0.2, -0.15) is 13.2 Å². The Bertz CT molecular complexity index is 756. The summed E-state index contributed by atoms with van der Waals surface area (Å²) in [5.41, 5.74) is -1.27. The van der Waals surface area contributed by atoms with Crippen molar-refractivity contribution < 1.29 is 26.4 Å². The lowest BCUT2D eigenvalue weighted by atomic mass is 10.1. The Labute approximate surface area is 144 Å². The van der Waals surface area contributed by atoms with Gasteiger partial charge in [-0.05, 0) is 18.6 Å². The minimum atomic E-state index is -4.58. The smallest absolute Gasteiger partial charge is 0.336 e. The Hall–Kier alpha value is -1.61. The Morgan fingerprint density at radius 2 is 1.72 bits per heavy atom. The van der Waals surface area contributed by atoms with E-state index < -0.39 is 27.5 Å². The van der Waals surface area contributed by atoms with Gasteiger partial charge in [-0.25, -0.2) is 8.42 Å². The first kappa shape index (κ1) is 18.2. The van der Waals surface area contributed by atoms with E-state index in [9.17, 15) is 26.4 Å². The number of benzene rings is 1. The molecule has 0 radical (unpaired) electrons. The molecule has 0 N–H and O–H groups in total. The van der Waals surface area contributed by atoms with Crippen molar-refractivity contribution in [1.29, 1.82) is 0 Å². The van der Waals surface area contributed by atoms with Crippen LogP contribution in [-0.4, -0.2) is 67.9 Å². The SMILES string of the molecule is O=C(c1ccccc1C(F)(F)F)N1CCN(C2CCS(=O)(=O)C2)CC1. The van der Waals surface area contributed by atoms with Crippen LogP contribution in [0.15, 0.2) is 24.3 Å². The molecule has 9 heteroatoms. The second-order valence-corrected chi connectivity index (χ2v) is 8.66. The van der Waals surface area contributed by atoms with E-state index in [1.807, 2.05) is 4.90 Å². The van der Waals surface area contributed by atoms with E-state index in [0.717, 1.165) is 6.07 Å². The van der Waals surface area contributed by atoms with Crippen LogP contribution in [0.5, 0.6) is 0 Å². The van der Waals surface area contributed by atoms with Gasteiger partial charge in [0.2, 0.25) is 0 Å². The van der Waals surface area contributed by atoms with E-state index in [2.05, 4.69) is 0 Å². The van der Waals surface area contributed by atoms with Crippen molar-refractivity contribution in [3.8, 4) is 0 Å². The average molecular weight is 376 g/mol. The largest absolute Gasteiger partial charge is 0.417 e. The van der Waals surface area contributed by atoms with Gasteiger partial charge in [-0.1, -0.05) is 12.1 Å². The summed E-state index contributed by atoms with van der Waals surface area (Å²) in [5, 5.41) is 0. The third-order valence-electron chi connectivity index (χ3n) is 4.79. The molecule has 0 aliphatic carbocycles. The second kappa shape index (κ2) is 6.60. The van der Waals surface area contributed by atoms with Gasteiger partial charge in [0.1, 0.15) is 0 Å². The van der Waals surface area contributed by atoms with Crippen molar-refractivity contribution in [2.75, 3.05) is 37.7 Å². The zero-order valence-corrected chi connectivity index (χ0v) is 14.3. The van der Waals surface area contributed by atoms with Crippen LogP contribution < -0.4 is 0 Å². The van der Waals surface area contributed by atoms with E-state index in [1.54, 1.807) is 0 Å². The number of halogens is 3. The van der Waals surface area contributed by atoms with Gasteiger partial charge in [0.15, 0.2) is 9.84 Å². The number of hydrogen-bond acceptors (Lipinski definition) is 4. The van der Waals surface area contributed by atoms with Gasteiger partial charge in [0, 0.05) is 32.2 Å². The number of carbonyl (C=O) groups is 1. The van der Waals surface area contributed by atoms with Gasteiger partial charge < -0.3 is 4.90 Å². The zero-order valence-electron chi connectivity index (χ0n) is 13.5. The number of sulfone groups is 1. The van der Waals surface area contributed by atoms with Crippen molar-refractivity contribution in [2.24, 2.45) is 0 Å². The molecule has 2 saturated heterocycles. The van der Waals surface area contributed by atoms with E-state index in [1.165, 1.54) is 23.1 Å². The van der Waals surface area contributed by atoms with Gasteiger partial charge in [-0.3, -0.25) is 9.69 Å². The molecule has 0 saturated carbocycles. The summed E-state index contributed by atoms with van der Waals surface area (Å²) in [6.07, 6.45) is -4.00. The first-order valence-electron chi connectivity index (χ1n) is 8.07. The molecule has 2 heterocycles. The van der Waals surface area contributed by atoms with Crippen molar-refractivity contribution in [2.45, 2.75) is 18.6 Å². The summed E-state index contributed by atoms with van der Waals surface area (Å²) >= 11 is 0. The molecule has 0 spiro atoms. The standard InChI is InChI=1S/C16H19F3N2O3S/c17-16(18,19)14-4-2-1-3-13(14)15(22)21-8-6-20(7-9-21)12-5-10-25(23,24)11-12/h1-4,12H,5-11H2. The maximum absolute atomic E-state index is 13.1. The van der Waals surface area contributed by atoms with Crippen LogP contribution in [0.2, 0.25) is 0 Å². The summed E-state index contributed by atoms with van der Waals surface area (Å²) in [6.45, 7) is 1.53. The molecule has 25 heavy (non-hydrogen) atoms. The summed E-state index contributed by atoms with van der Waals surface area (Å²) < 4.78 is 62.4. The Morgan fingerprint density at radius 1 is 1.08 bits per heavy atom. The van der Waals surface area contributed by atoms with E-state index in [-0.39, 0.29) is 23.1 Å². The highest BCUT2D eigenvalue weighted by Gasteiger charge is 2.38. The predicted octanol–water partition coefficient (Wildman–Crippen LogP) is 1.65. The molecule has 2 fully saturated rings. The minimum Gasteiger partial charge on any atom is -0.336 e. The van der Waals surface area contributed by atoms with Gasteiger partial charge >= 0.3 is 6.18 Å². The van der Waals surface area contributed by atoms with Crippen LogP contribution in [0.4, 0.5) is 13.2 Å². The molecule has 2 aliphatic rings. The summed E-state index contributed by atoms with van der Waals surface area (Å²) in [5.74, 6) is -0.334. The van der Waals surface area contributed by atoms with Crippen LogP contribution in [0, 0.1) is 0 Å². The van der Waals surface area contributed by atoms with Crippen LogP contribution in [-0.2, 0) is 16.0 Å². The number of rotatable bonds is 2. The molecule has 1 atom stereocenters. The molecule has 2 aliphatic heterocycles. The summed E-state index contributed by atoms with van der Waals surface area (Å²) in [7, 11) is -2.99. The molecule has 1 unspecified atom stereocenters. The molecular formula is C16H19F3N2O3S. The fourth-order valence-corrected chi connectivity index (χ4v) is 5.20. The molecule has 3 rings (SSSR count). The highest BCUT2D eigenvalue weighted by atomic mass is 32.2. The highest BCUT2D eigenvalue weighted by Crippen LogP contribution is 2.32. The maximum atomic E-state index is 13.1. The Balaban J connectivity index is 1.67. The summed E-state index contributed by atoms with van der Waals surface area (Å²) in [6, 6.07) is 4.73. The molecule has 1 aromatic rings.